The highest BCUT2D eigenvalue weighted by Gasteiger charge is 2.18. The number of ether oxygens (including phenoxy) is 2. The second kappa shape index (κ2) is 9.48. The third-order valence-electron chi connectivity index (χ3n) is 5.38. The number of rotatable bonds is 7. The summed E-state index contributed by atoms with van der Waals surface area (Å²) in [5.41, 5.74) is 15.4. The average Bonchev–Trinajstić information content (AvgIpc) is 2.79. The molecule has 0 heterocycles. The molecule has 0 amide bonds. The summed E-state index contributed by atoms with van der Waals surface area (Å²) in [6, 6.07) is 31.4. The van der Waals surface area contributed by atoms with Crippen molar-refractivity contribution in [2.45, 2.75) is 19.8 Å². The van der Waals surface area contributed by atoms with Crippen molar-refractivity contribution in [1.82, 2.24) is 0 Å². The largest absolute Gasteiger partial charge is 0.457 e. The van der Waals surface area contributed by atoms with Crippen molar-refractivity contribution in [3.05, 3.63) is 108 Å². The van der Waals surface area contributed by atoms with Crippen molar-refractivity contribution in [2.24, 2.45) is 5.92 Å². The normalized spacial score (nSPS) is 11.0. The molecule has 0 aromatic heterocycles. The van der Waals surface area contributed by atoms with Crippen LogP contribution in [0, 0.1) is 5.92 Å². The van der Waals surface area contributed by atoms with E-state index in [9.17, 15) is 0 Å². The maximum atomic E-state index is 5.93. The highest BCUT2D eigenvalue weighted by Crippen LogP contribution is 2.35. The van der Waals surface area contributed by atoms with Gasteiger partial charge in [-0.15, -0.1) is 0 Å². The first-order chi connectivity index (χ1) is 15.5. The molecule has 0 unspecified atom stereocenters. The second-order valence-corrected chi connectivity index (χ2v) is 8.20. The summed E-state index contributed by atoms with van der Waals surface area (Å²) < 4.78 is 11.9. The van der Waals surface area contributed by atoms with Gasteiger partial charge < -0.3 is 20.9 Å². The first-order valence-electron chi connectivity index (χ1n) is 10.7. The average molecular weight is 425 g/mol. The topological polar surface area (TPSA) is 70.5 Å². The minimum Gasteiger partial charge on any atom is -0.457 e. The van der Waals surface area contributed by atoms with Gasteiger partial charge in [0, 0.05) is 17.3 Å². The van der Waals surface area contributed by atoms with Crippen LogP contribution in [0.2, 0.25) is 0 Å². The van der Waals surface area contributed by atoms with Gasteiger partial charge in [-0.05, 0) is 89.8 Å². The van der Waals surface area contributed by atoms with E-state index in [4.69, 9.17) is 20.9 Å². The van der Waals surface area contributed by atoms with Gasteiger partial charge in [0.25, 0.3) is 0 Å². The van der Waals surface area contributed by atoms with Crippen molar-refractivity contribution in [2.75, 3.05) is 11.5 Å². The molecule has 0 fully saturated rings. The van der Waals surface area contributed by atoms with E-state index in [1.807, 2.05) is 72.8 Å². The van der Waals surface area contributed by atoms with E-state index in [2.05, 4.69) is 38.1 Å². The molecule has 0 bridgehead atoms. The Bertz CT molecular complexity index is 1040. The Morgan fingerprint density at radius 2 is 0.750 bits per heavy atom. The van der Waals surface area contributed by atoms with E-state index in [0.717, 1.165) is 34.4 Å². The van der Waals surface area contributed by atoms with Crippen LogP contribution in [-0.4, -0.2) is 0 Å². The highest BCUT2D eigenvalue weighted by atomic mass is 16.5. The lowest BCUT2D eigenvalue weighted by atomic mass is 9.82. The van der Waals surface area contributed by atoms with Crippen molar-refractivity contribution >= 4 is 11.4 Å². The number of anilines is 2. The summed E-state index contributed by atoms with van der Waals surface area (Å²) in [4.78, 5) is 0. The molecule has 0 aliphatic rings. The minimum atomic E-state index is 0.270. The third-order valence-corrected chi connectivity index (χ3v) is 5.38. The molecule has 0 spiro atoms. The van der Waals surface area contributed by atoms with E-state index in [0.29, 0.717) is 5.92 Å². The molecule has 4 aromatic rings. The maximum Gasteiger partial charge on any atom is 0.127 e. The minimum absolute atomic E-state index is 0.270. The summed E-state index contributed by atoms with van der Waals surface area (Å²) in [7, 11) is 0. The van der Waals surface area contributed by atoms with Crippen molar-refractivity contribution in [1.29, 1.82) is 0 Å². The first kappa shape index (κ1) is 21.3. The van der Waals surface area contributed by atoms with Gasteiger partial charge in [-0.25, -0.2) is 0 Å². The van der Waals surface area contributed by atoms with Gasteiger partial charge in [0.2, 0.25) is 0 Å². The smallest absolute Gasteiger partial charge is 0.127 e. The fraction of sp³-hybridized carbons (Fsp3) is 0.143. The molecule has 32 heavy (non-hydrogen) atoms. The summed E-state index contributed by atoms with van der Waals surface area (Å²) in [5, 5.41) is 0. The lowest BCUT2D eigenvalue weighted by Gasteiger charge is -2.22. The van der Waals surface area contributed by atoms with E-state index in [-0.39, 0.29) is 5.92 Å². The van der Waals surface area contributed by atoms with E-state index >= 15 is 0 Å². The van der Waals surface area contributed by atoms with Crippen molar-refractivity contribution in [3.8, 4) is 23.0 Å². The Hall–Kier alpha value is -3.92. The van der Waals surface area contributed by atoms with Crippen molar-refractivity contribution in [3.63, 3.8) is 0 Å². The van der Waals surface area contributed by atoms with Crippen LogP contribution in [0.15, 0.2) is 97.1 Å². The standard InChI is InChI=1S/C28H28N2O2/c1-19(2)28(20-3-11-24(12-4-20)31-26-15-7-22(29)8-16-26)21-5-13-25(14-6-21)32-27-17-9-23(30)10-18-27/h3-19,28H,29-30H2,1-2H3. The predicted octanol–water partition coefficient (Wildman–Crippen LogP) is 7.22. The lowest BCUT2D eigenvalue weighted by molar-refractivity contribution is 0.481. The molecule has 4 N–H and O–H groups in total. The predicted molar refractivity (Wildman–Crippen MR) is 131 cm³/mol. The molecule has 0 atom stereocenters. The summed E-state index contributed by atoms with van der Waals surface area (Å²) in [6.45, 7) is 4.48. The molecule has 4 heteroatoms. The molecule has 0 aliphatic heterocycles. The van der Waals surface area contributed by atoms with Crippen LogP contribution in [-0.2, 0) is 0 Å². The van der Waals surface area contributed by atoms with Crippen LogP contribution < -0.4 is 20.9 Å². The Morgan fingerprint density at radius 1 is 0.469 bits per heavy atom. The number of hydrogen-bond donors (Lipinski definition) is 2. The van der Waals surface area contributed by atoms with Gasteiger partial charge >= 0.3 is 0 Å². The van der Waals surface area contributed by atoms with Crippen LogP contribution in [0.1, 0.15) is 30.9 Å². The van der Waals surface area contributed by atoms with Gasteiger partial charge in [-0.1, -0.05) is 38.1 Å². The number of nitrogen functional groups attached to an aromatic ring is 2. The number of hydrogen-bond acceptors (Lipinski definition) is 4. The third kappa shape index (κ3) is 5.22. The van der Waals surface area contributed by atoms with Crippen LogP contribution in [0.25, 0.3) is 0 Å². The van der Waals surface area contributed by atoms with E-state index < -0.39 is 0 Å². The summed E-state index contributed by atoms with van der Waals surface area (Å²) >= 11 is 0. The fourth-order valence-corrected chi connectivity index (χ4v) is 3.79. The van der Waals surface area contributed by atoms with Gasteiger partial charge in [0.15, 0.2) is 0 Å². The zero-order chi connectivity index (χ0) is 22.5. The monoisotopic (exact) mass is 424 g/mol. The molecule has 0 radical (unpaired) electrons. The molecule has 4 nitrogen and oxygen atoms in total. The quantitative estimate of drug-likeness (QED) is 0.307. The fourth-order valence-electron chi connectivity index (χ4n) is 3.79. The molecule has 0 aliphatic carbocycles. The summed E-state index contributed by atoms with van der Waals surface area (Å²) in [6.07, 6.45) is 0. The molecule has 0 saturated carbocycles. The van der Waals surface area contributed by atoms with Gasteiger partial charge in [0.1, 0.15) is 23.0 Å². The Labute approximate surface area is 189 Å². The Balaban J connectivity index is 1.49. The van der Waals surface area contributed by atoms with E-state index in [1.165, 1.54) is 11.1 Å². The molecule has 4 aromatic carbocycles. The Morgan fingerprint density at radius 3 is 1.03 bits per heavy atom. The summed E-state index contributed by atoms with van der Waals surface area (Å²) in [5.74, 6) is 3.84. The molecular formula is C28H28N2O2. The zero-order valence-corrected chi connectivity index (χ0v) is 18.4. The zero-order valence-electron chi connectivity index (χ0n) is 18.4. The maximum absolute atomic E-state index is 5.93. The van der Waals surface area contributed by atoms with Crippen LogP contribution >= 0.6 is 0 Å². The van der Waals surface area contributed by atoms with Crippen LogP contribution in [0.5, 0.6) is 23.0 Å². The van der Waals surface area contributed by atoms with Crippen LogP contribution in [0.3, 0.4) is 0 Å². The lowest BCUT2D eigenvalue weighted by Crippen LogP contribution is -2.08. The van der Waals surface area contributed by atoms with Crippen molar-refractivity contribution < 1.29 is 9.47 Å². The molecule has 162 valence electrons. The van der Waals surface area contributed by atoms with Crippen LogP contribution in [0.4, 0.5) is 11.4 Å². The van der Waals surface area contributed by atoms with Gasteiger partial charge in [0.05, 0.1) is 0 Å². The number of benzene rings is 4. The molecule has 0 saturated heterocycles. The van der Waals surface area contributed by atoms with Gasteiger partial charge in [-0.3, -0.25) is 0 Å². The number of nitrogens with two attached hydrogens (primary N) is 2. The Kier molecular flexibility index (Phi) is 6.31. The van der Waals surface area contributed by atoms with E-state index in [1.54, 1.807) is 0 Å². The second-order valence-electron chi connectivity index (χ2n) is 8.20. The molecule has 4 rings (SSSR count). The molecular weight excluding hydrogens is 396 g/mol. The van der Waals surface area contributed by atoms with Gasteiger partial charge in [-0.2, -0.15) is 0 Å². The SMILES string of the molecule is CC(C)C(c1ccc(Oc2ccc(N)cc2)cc1)c1ccc(Oc2ccc(N)cc2)cc1. The highest BCUT2D eigenvalue weighted by molar-refractivity contribution is 5.45. The first-order valence-corrected chi connectivity index (χ1v) is 10.7.